The van der Waals surface area contributed by atoms with E-state index in [-0.39, 0.29) is 30.2 Å². The number of likely N-dealkylation sites (tertiary alicyclic amines) is 1. The van der Waals surface area contributed by atoms with Gasteiger partial charge in [-0.25, -0.2) is 4.98 Å². The van der Waals surface area contributed by atoms with Gasteiger partial charge < -0.3 is 10.2 Å². The van der Waals surface area contributed by atoms with Crippen LogP contribution in [-0.4, -0.2) is 33.2 Å². The Morgan fingerprint density at radius 3 is 2.76 bits per heavy atom. The molecule has 0 saturated carbocycles. The van der Waals surface area contributed by atoms with Gasteiger partial charge in [-0.3, -0.25) is 14.6 Å². The summed E-state index contributed by atoms with van der Waals surface area (Å²) in [7, 11) is 0. The van der Waals surface area contributed by atoms with Gasteiger partial charge in [0.05, 0.1) is 24.2 Å². The molecule has 29 heavy (non-hydrogen) atoms. The fraction of sp³-hybridized carbons (Fsp3) is 0.273. The maximum atomic E-state index is 12.6. The Hall–Kier alpha value is -3.06. The summed E-state index contributed by atoms with van der Waals surface area (Å²) >= 11 is 1.54. The molecule has 1 aromatic carbocycles. The largest absolute Gasteiger partial charge is 0.350 e. The van der Waals surface area contributed by atoms with E-state index in [1.165, 1.54) is 11.3 Å². The molecule has 1 aliphatic rings. The smallest absolute Gasteiger partial charge is 0.225 e. The molecule has 0 spiro atoms. The first kappa shape index (κ1) is 19.3. The summed E-state index contributed by atoms with van der Waals surface area (Å²) in [5.41, 5.74) is 2.90. The molecule has 2 atom stereocenters. The van der Waals surface area contributed by atoms with Crippen molar-refractivity contribution in [1.82, 2.24) is 20.2 Å². The lowest BCUT2D eigenvalue weighted by molar-refractivity contribution is -0.130. The van der Waals surface area contributed by atoms with Gasteiger partial charge in [0.1, 0.15) is 5.01 Å². The van der Waals surface area contributed by atoms with Gasteiger partial charge in [0, 0.05) is 36.3 Å². The third kappa shape index (κ3) is 4.35. The Kier molecular flexibility index (Phi) is 5.67. The first-order valence-corrected chi connectivity index (χ1v) is 10.5. The van der Waals surface area contributed by atoms with E-state index in [0.717, 1.165) is 21.8 Å². The average molecular weight is 407 g/mol. The van der Waals surface area contributed by atoms with Gasteiger partial charge in [-0.2, -0.15) is 0 Å². The number of pyridine rings is 1. The highest BCUT2D eigenvalue weighted by molar-refractivity contribution is 7.13. The second-order valence-electron chi connectivity index (χ2n) is 7.13. The van der Waals surface area contributed by atoms with E-state index in [2.05, 4.69) is 15.3 Å². The van der Waals surface area contributed by atoms with E-state index in [9.17, 15) is 9.59 Å². The number of nitrogens with one attached hydrogen (secondary N) is 1. The molecule has 4 rings (SSSR count). The van der Waals surface area contributed by atoms with E-state index < -0.39 is 0 Å². The first-order chi connectivity index (χ1) is 14.1. The quantitative estimate of drug-likeness (QED) is 0.681. The van der Waals surface area contributed by atoms with Crippen LogP contribution in [0.2, 0.25) is 0 Å². The molecule has 2 amide bonds. The highest BCUT2D eigenvalue weighted by atomic mass is 32.1. The molecular weight excluding hydrogens is 384 g/mol. The molecule has 0 aliphatic carbocycles. The summed E-state index contributed by atoms with van der Waals surface area (Å²) in [4.78, 5) is 35.5. The summed E-state index contributed by atoms with van der Waals surface area (Å²) in [6.07, 6.45) is 3.72. The van der Waals surface area contributed by atoms with E-state index >= 15 is 0 Å². The molecule has 148 valence electrons. The zero-order chi connectivity index (χ0) is 20.2. The summed E-state index contributed by atoms with van der Waals surface area (Å²) < 4.78 is 0. The van der Waals surface area contributed by atoms with Crippen LogP contribution < -0.4 is 5.32 Å². The van der Waals surface area contributed by atoms with Gasteiger partial charge in [-0.15, -0.1) is 11.3 Å². The van der Waals surface area contributed by atoms with Crippen LogP contribution >= 0.6 is 11.3 Å². The van der Waals surface area contributed by atoms with Crippen LogP contribution in [0.1, 0.15) is 30.6 Å². The van der Waals surface area contributed by atoms with Gasteiger partial charge in [-0.1, -0.05) is 30.3 Å². The van der Waals surface area contributed by atoms with E-state index in [0.29, 0.717) is 13.1 Å². The van der Waals surface area contributed by atoms with Crippen LogP contribution in [0.5, 0.6) is 0 Å². The lowest BCUT2D eigenvalue weighted by Gasteiger charge is -2.25. The van der Waals surface area contributed by atoms with Crippen molar-refractivity contribution in [3.63, 3.8) is 0 Å². The number of carbonyl (C=O) groups is 2. The summed E-state index contributed by atoms with van der Waals surface area (Å²) in [5, 5.41) is 5.78. The normalized spacial score (nSPS) is 17.3. The molecule has 3 heterocycles. The molecule has 1 aliphatic heterocycles. The van der Waals surface area contributed by atoms with E-state index in [4.69, 9.17) is 0 Å². The number of carbonyl (C=O) groups excluding carboxylic acids is 2. The number of nitrogens with zero attached hydrogens (tertiary/aromatic N) is 3. The third-order valence-electron chi connectivity index (χ3n) is 5.20. The molecule has 1 fully saturated rings. The fourth-order valence-corrected chi connectivity index (χ4v) is 4.36. The minimum atomic E-state index is -0.327. The Morgan fingerprint density at radius 2 is 2.00 bits per heavy atom. The summed E-state index contributed by atoms with van der Waals surface area (Å²) in [5.74, 6) is -0.401. The maximum absolute atomic E-state index is 12.6. The van der Waals surface area contributed by atoms with Crippen molar-refractivity contribution in [2.24, 2.45) is 5.92 Å². The topological polar surface area (TPSA) is 75.2 Å². The average Bonchev–Trinajstić information content (AvgIpc) is 3.40. The van der Waals surface area contributed by atoms with Crippen molar-refractivity contribution in [1.29, 1.82) is 0 Å². The number of benzene rings is 1. The summed E-state index contributed by atoms with van der Waals surface area (Å²) in [6.45, 7) is 2.81. The Morgan fingerprint density at radius 1 is 1.24 bits per heavy atom. The number of amides is 2. The minimum absolute atomic E-state index is 0.0233. The van der Waals surface area contributed by atoms with Gasteiger partial charge in [0.15, 0.2) is 0 Å². The maximum Gasteiger partial charge on any atom is 0.225 e. The number of hydrogen-bond acceptors (Lipinski definition) is 5. The van der Waals surface area contributed by atoms with E-state index in [1.807, 2.05) is 54.8 Å². The zero-order valence-electron chi connectivity index (χ0n) is 16.1. The van der Waals surface area contributed by atoms with Crippen molar-refractivity contribution in [3.8, 4) is 10.6 Å². The number of thiazole rings is 1. The molecule has 6 nitrogen and oxygen atoms in total. The predicted octanol–water partition coefficient (Wildman–Crippen LogP) is 3.43. The van der Waals surface area contributed by atoms with Gasteiger partial charge in [0.2, 0.25) is 11.8 Å². The lowest BCUT2D eigenvalue weighted by atomic mass is 10.1. The molecule has 3 aromatic rings. The molecule has 1 N–H and O–H groups in total. The van der Waals surface area contributed by atoms with Gasteiger partial charge in [0.25, 0.3) is 0 Å². The number of aromatic nitrogens is 2. The Bertz CT molecular complexity index is 990. The Labute approximate surface area is 173 Å². The van der Waals surface area contributed by atoms with Crippen LogP contribution in [-0.2, 0) is 16.1 Å². The number of rotatable bonds is 6. The number of hydrogen-bond donors (Lipinski definition) is 1. The molecule has 0 radical (unpaired) electrons. The first-order valence-electron chi connectivity index (χ1n) is 9.58. The predicted molar refractivity (Wildman–Crippen MR) is 112 cm³/mol. The molecule has 0 bridgehead atoms. The highest BCUT2D eigenvalue weighted by Gasteiger charge is 2.36. The highest BCUT2D eigenvalue weighted by Crippen LogP contribution is 2.28. The molecule has 1 saturated heterocycles. The second-order valence-corrected chi connectivity index (χ2v) is 7.99. The van der Waals surface area contributed by atoms with Crippen LogP contribution in [0.4, 0.5) is 0 Å². The second kappa shape index (κ2) is 8.53. The Balaban J connectivity index is 1.34. The van der Waals surface area contributed by atoms with Crippen molar-refractivity contribution >= 4 is 23.2 Å². The molecule has 2 aromatic heterocycles. The minimum Gasteiger partial charge on any atom is -0.350 e. The summed E-state index contributed by atoms with van der Waals surface area (Å²) in [6, 6.07) is 13.7. The SMILES string of the molecule is CC(c1ccccc1)N1CC(C(=O)NCc2csc(-c3ccncc3)n2)CC1=O. The standard InChI is InChI=1S/C22H22N4O2S/c1-15(16-5-3-2-4-6-16)26-13-18(11-20(26)27)21(28)24-12-19-14-29-22(25-19)17-7-9-23-10-8-17/h2-10,14-15,18H,11-13H2,1H3,(H,24,28). The van der Waals surface area contributed by atoms with Gasteiger partial charge in [-0.05, 0) is 24.6 Å². The monoisotopic (exact) mass is 406 g/mol. The molecular formula is C22H22N4O2S. The van der Waals surface area contributed by atoms with Crippen molar-refractivity contribution in [3.05, 3.63) is 71.5 Å². The van der Waals surface area contributed by atoms with Crippen LogP contribution in [0.25, 0.3) is 10.6 Å². The third-order valence-corrected chi connectivity index (χ3v) is 6.14. The van der Waals surface area contributed by atoms with Crippen molar-refractivity contribution in [2.75, 3.05) is 6.54 Å². The van der Waals surface area contributed by atoms with Crippen LogP contribution in [0.3, 0.4) is 0 Å². The van der Waals surface area contributed by atoms with Crippen LogP contribution in [0.15, 0.2) is 60.2 Å². The zero-order valence-corrected chi connectivity index (χ0v) is 16.9. The van der Waals surface area contributed by atoms with Crippen molar-refractivity contribution in [2.45, 2.75) is 25.9 Å². The lowest BCUT2D eigenvalue weighted by Crippen LogP contribution is -2.33. The van der Waals surface area contributed by atoms with Crippen molar-refractivity contribution < 1.29 is 9.59 Å². The van der Waals surface area contributed by atoms with Gasteiger partial charge >= 0.3 is 0 Å². The molecule has 2 unspecified atom stereocenters. The fourth-order valence-electron chi connectivity index (χ4n) is 3.53. The van der Waals surface area contributed by atoms with E-state index in [1.54, 1.807) is 17.3 Å². The van der Waals surface area contributed by atoms with Crippen LogP contribution in [0, 0.1) is 5.92 Å². The molecule has 7 heteroatoms.